The number of nitrogens with one attached hydrogen (secondary N) is 1. The predicted molar refractivity (Wildman–Crippen MR) is 84.9 cm³/mol. The average Bonchev–Trinajstić information content (AvgIpc) is 2.50. The van der Waals surface area contributed by atoms with Crippen LogP contribution in [0.1, 0.15) is 25.3 Å². The van der Waals surface area contributed by atoms with Gasteiger partial charge in [-0.15, -0.1) is 0 Å². The number of halogens is 1. The molecule has 21 heavy (non-hydrogen) atoms. The highest BCUT2D eigenvalue weighted by Crippen LogP contribution is 2.26. The molecule has 1 atom stereocenters. The lowest BCUT2D eigenvalue weighted by molar-refractivity contribution is -0.139. The number of likely N-dealkylation sites (tertiary alicyclic amines) is 1. The Hall–Kier alpha value is -1.26. The van der Waals surface area contributed by atoms with E-state index < -0.39 is 6.10 Å². The molecule has 0 radical (unpaired) electrons. The van der Waals surface area contributed by atoms with E-state index in [-0.39, 0.29) is 5.91 Å². The molecule has 1 N–H and O–H groups in total. The van der Waals surface area contributed by atoms with E-state index in [0.29, 0.717) is 16.8 Å². The van der Waals surface area contributed by atoms with Gasteiger partial charge in [-0.3, -0.25) is 4.79 Å². The number of benzene rings is 1. The van der Waals surface area contributed by atoms with Crippen LogP contribution in [0.4, 0.5) is 0 Å². The minimum Gasteiger partial charge on any atom is -0.479 e. The Morgan fingerprint density at radius 1 is 1.43 bits per heavy atom. The Labute approximate surface area is 131 Å². The van der Waals surface area contributed by atoms with Gasteiger partial charge in [0.05, 0.1) is 5.02 Å². The van der Waals surface area contributed by atoms with E-state index in [0.717, 1.165) is 31.5 Å². The second kappa shape index (κ2) is 7.14. The number of piperidine rings is 1. The number of nitrogens with zero attached hydrogens (tertiary/aromatic N) is 1. The van der Waals surface area contributed by atoms with Gasteiger partial charge in [-0.1, -0.05) is 17.7 Å². The number of carbonyl (C=O) groups is 1. The van der Waals surface area contributed by atoms with Gasteiger partial charge in [-0.05, 0) is 51.4 Å². The van der Waals surface area contributed by atoms with Crippen LogP contribution in [0.2, 0.25) is 5.02 Å². The van der Waals surface area contributed by atoms with Crippen molar-refractivity contribution in [3.8, 4) is 5.75 Å². The van der Waals surface area contributed by atoms with Gasteiger partial charge in [0.15, 0.2) is 6.10 Å². The molecule has 1 aliphatic heterocycles. The van der Waals surface area contributed by atoms with Crippen LogP contribution < -0.4 is 10.1 Å². The Morgan fingerprint density at radius 3 is 2.71 bits per heavy atom. The number of hydrogen-bond acceptors (Lipinski definition) is 3. The highest BCUT2D eigenvalue weighted by Gasteiger charge is 2.26. The maximum atomic E-state index is 12.4. The third kappa shape index (κ3) is 4.11. The van der Waals surface area contributed by atoms with E-state index in [2.05, 4.69) is 5.32 Å². The zero-order valence-corrected chi connectivity index (χ0v) is 13.6. The summed E-state index contributed by atoms with van der Waals surface area (Å²) in [4.78, 5) is 14.3. The first kappa shape index (κ1) is 16.1. The van der Waals surface area contributed by atoms with Crippen molar-refractivity contribution < 1.29 is 9.53 Å². The lowest BCUT2D eigenvalue weighted by Gasteiger charge is -2.33. The fourth-order valence-corrected chi connectivity index (χ4v) is 2.75. The minimum atomic E-state index is -0.518. The van der Waals surface area contributed by atoms with Gasteiger partial charge in [0.25, 0.3) is 5.91 Å². The van der Waals surface area contributed by atoms with Crippen molar-refractivity contribution in [2.45, 2.75) is 38.8 Å². The smallest absolute Gasteiger partial charge is 0.263 e. The molecule has 116 valence electrons. The zero-order chi connectivity index (χ0) is 15.4. The second-order valence-electron chi connectivity index (χ2n) is 5.58. The summed E-state index contributed by atoms with van der Waals surface area (Å²) in [6, 6.07) is 6.09. The first-order valence-electron chi connectivity index (χ1n) is 7.40. The lowest BCUT2D eigenvalue weighted by Crippen LogP contribution is -2.48. The summed E-state index contributed by atoms with van der Waals surface area (Å²) in [5, 5.41) is 3.80. The molecule has 1 aliphatic rings. The van der Waals surface area contributed by atoms with Crippen LogP contribution in [0, 0.1) is 6.92 Å². The molecule has 0 unspecified atom stereocenters. The van der Waals surface area contributed by atoms with E-state index in [1.54, 1.807) is 13.0 Å². The van der Waals surface area contributed by atoms with Crippen LogP contribution in [0.5, 0.6) is 5.75 Å². The molecule has 0 saturated carbocycles. The maximum Gasteiger partial charge on any atom is 0.263 e. The summed E-state index contributed by atoms with van der Waals surface area (Å²) in [5.74, 6) is 0.602. The zero-order valence-electron chi connectivity index (χ0n) is 12.9. The third-order valence-electron chi connectivity index (χ3n) is 3.95. The van der Waals surface area contributed by atoms with E-state index >= 15 is 0 Å². The normalized spacial score (nSPS) is 17.6. The molecule has 1 aromatic carbocycles. The monoisotopic (exact) mass is 310 g/mol. The number of rotatable bonds is 4. The van der Waals surface area contributed by atoms with E-state index in [9.17, 15) is 4.79 Å². The highest BCUT2D eigenvalue weighted by atomic mass is 35.5. The van der Waals surface area contributed by atoms with Crippen molar-refractivity contribution in [3.05, 3.63) is 28.8 Å². The van der Waals surface area contributed by atoms with Crippen molar-refractivity contribution in [1.82, 2.24) is 10.2 Å². The molecule has 0 bridgehead atoms. The lowest BCUT2D eigenvalue weighted by atomic mass is 10.0. The van der Waals surface area contributed by atoms with E-state index in [1.165, 1.54) is 0 Å². The number of aryl methyl sites for hydroxylation is 1. The van der Waals surface area contributed by atoms with Crippen LogP contribution in [0.15, 0.2) is 18.2 Å². The number of ether oxygens (including phenoxy) is 1. The summed E-state index contributed by atoms with van der Waals surface area (Å²) in [6.07, 6.45) is 1.45. The van der Waals surface area contributed by atoms with Crippen LogP contribution >= 0.6 is 11.6 Å². The molecule has 0 spiro atoms. The summed E-state index contributed by atoms with van der Waals surface area (Å²) in [6.45, 7) is 5.31. The van der Waals surface area contributed by atoms with Gasteiger partial charge in [-0.2, -0.15) is 0 Å². The molecule has 4 nitrogen and oxygen atoms in total. The quantitative estimate of drug-likeness (QED) is 0.929. The highest BCUT2D eigenvalue weighted by molar-refractivity contribution is 6.32. The molecule has 1 amide bonds. The Bertz CT molecular complexity index is 499. The third-order valence-corrected chi connectivity index (χ3v) is 4.27. The molecule has 1 heterocycles. The first-order chi connectivity index (χ1) is 10.0. The van der Waals surface area contributed by atoms with Crippen molar-refractivity contribution in [2.75, 3.05) is 20.1 Å². The summed E-state index contributed by atoms with van der Waals surface area (Å²) in [7, 11) is 1.97. The fourth-order valence-electron chi connectivity index (χ4n) is 2.59. The van der Waals surface area contributed by atoms with Crippen molar-refractivity contribution in [1.29, 1.82) is 0 Å². The maximum absolute atomic E-state index is 12.4. The van der Waals surface area contributed by atoms with Gasteiger partial charge in [0.2, 0.25) is 0 Å². The summed E-state index contributed by atoms with van der Waals surface area (Å²) < 4.78 is 5.76. The van der Waals surface area contributed by atoms with Crippen LogP contribution in [-0.4, -0.2) is 43.1 Å². The summed E-state index contributed by atoms with van der Waals surface area (Å²) in [5.41, 5.74) is 1.06. The van der Waals surface area contributed by atoms with E-state index in [4.69, 9.17) is 16.3 Å². The van der Waals surface area contributed by atoms with Gasteiger partial charge in [0, 0.05) is 19.1 Å². The minimum absolute atomic E-state index is 0.0297. The molecule has 0 aromatic heterocycles. The van der Waals surface area contributed by atoms with Crippen molar-refractivity contribution in [3.63, 3.8) is 0 Å². The van der Waals surface area contributed by atoms with Gasteiger partial charge in [0.1, 0.15) is 5.75 Å². The molecule has 1 aromatic rings. The number of hydrogen-bond donors (Lipinski definition) is 1. The molecular weight excluding hydrogens is 288 g/mol. The fraction of sp³-hybridized carbons (Fsp3) is 0.562. The van der Waals surface area contributed by atoms with E-state index in [1.807, 2.05) is 31.0 Å². The number of amides is 1. The standard InChI is InChI=1S/C16H23ClN2O2/c1-11-4-5-14(17)15(10-11)21-12(2)16(20)19-8-6-13(18-3)7-9-19/h4-5,10,12-13,18H,6-9H2,1-3H3/t12-/m0/s1. The van der Waals surface area contributed by atoms with Gasteiger partial charge >= 0.3 is 0 Å². The van der Waals surface area contributed by atoms with Crippen molar-refractivity contribution in [2.24, 2.45) is 0 Å². The second-order valence-corrected chi connectivity index (χ2v) is 5.99. The Balaban J connectivity index is 1.95. The number of carbonyl (C=O) groups excluding carboxylic acids is 1. The van der Waals surface area contributed by atoms with Crippen molar-refractivity contribution >= 4 is 17.5 Å². The van der Waals surface area contributed by atoms with Crippen LogP contribution in [0.3, 0.4) is 0 Å². The molecule has 2 rings (SSSR count). The average molecular weight is 311 g/mol. The largest absolute Gasteiger partial charge is 0.479 e. The van der Waals surface area contributed by atoms with Crippen LogP contribution in [0.25, 0.3) is 0 Å². The molecule has 5 heteroatoms. The van der Waals surface area contributed by atoms with Crippen LogP contribution in [-0.2, 0) is 4.79 Å². The molecule has 0 aliphatic carbocycles. The Kier molecular flexibility index (Phi) is 5.48. The molecule has 1 fully saturated rings. The molecular formula is C16H23ClN2O2. The SMILES string of the molecule is CNC1CCN(C(=O)[C@H](C)Oc2cc(C)ccc2Cl)CC1. The Morgan fingerprint density at radius 2 is 2.10 bits per heavy atom. The summed E-state index contributed by atoms with van der Waals surface area (Å²) >= 11 is 6.11. The molecule has 1 saturated heterocycles. The topological polar surface area (TPSA) is 41.6 Å². The van der Waals surface area contributed by atoms with Gasteiger partial charge in [-0.25, -0.2) is 0 Å². The predicted octanol–water partition coefficient (Wildman–Crippen LogP) is 2.63. The van der Waals surface area contributed by atoms with Gasteiger partial charge < -0.3 is 15.0 Å². The first-order valence-corrected chi connectivity index (χ1v) is 7.78.